The summed E-state index contributed by atoms with van der Waals surface area (Å²) in [6.07, 6.45) is 1.93. The third-order valence-corrected chi connectivity index (χ3v) is 4.84. The molecule has 0 aromatic heterocycles. The van der Waals surface area contributed by atoms with Gasteiger partial charge in [0.2, 0.25) is 0 Å². The zero-order valence-corrected chi connectivity index (χ0v) is 13.4. The Hall–Kier alpha value is -1.53. The Bertz CT molecular complexity index is 529. The van der Waals surface area contributed by atoms with Crippen LogP contribution < -0.4 is 5.32 Å². The predicted molar refractivity (Wildman–Crippen MR) is 85.3 cm³/mol. The standard InChI is InChI=1S/C16H21NO4S/c1-11(16(19)20)22-14-5-3-2-4-13(14)15(18)17-10-12-6-8-21-9-7-12/h2-5,11-12H,6-10H2,1H3,(H,17,18)(H,19,20). The van der Waals surface area contributed by atoms with Crippen LogP contribution in [0.5, 0.6) is 0 Å². The van der Waals surface area contributed by atoms with Crippen molar-refractivity contribution in [3.05, 3.63) is 29.8 Å². The topological polar surface area (TPSA) is 75.6 Å². The number of carbonyl (C=O) groups is 2. The number of carboxylic acid groups (broad SMARTS) is 1. The van der Waals surface area contributed by atoms with Crippen LogP contribution in [-0.2, 0) is 9.53 Å². The first kappa shape index (κ1) is 16.8. The smallest absolute Gasteiger partial charge is 0.316 e. The van der Waals surface area contributed by atoms with E-state index in [0.29, 0.717) is 22.9 Å². The van der Waals surface area contributed by atoms with Gasteiger partial charge in [-0.05, 0) is 37.8 Å². The number of aliphatic carboxylic acids is 1. The Balaban J connectivity index is 1.97. The summed E-state index contributed by atoms with van der Waals surface area (Å²) in [6, 6.07) is 7.12. The lowest BCUT2D eigenvalue weighted by Crippen LogP contribution is -2.32. The molecule has 1 atom stereocenters. The number of hydrogen-bond acceptors (Lipinski definition) is 4. The molecule has 2 N–H and O–H groups in total. The second-order valence-corrected chi connectivity index (χ2v) is 6.74. The Morgan fingerprint density at radius 1 is 1.36 bits per heavy atom. The van der Waals surface area contributed by atoms with E-state index in [1.54, 1.807) is 25.1 Å². The van der Waals surface area contributed by atoms with Crippen LogP contribution in [0.15, 0.2) is 29.2 Å². The van der Waals surface area contributed by atoms with E-state index in [1.165, 1.54) is 11.8 Å². The van der Waals surface area contributed by atoms with Crippen molar-refractivity contribution in [2.45, 2.75) is 29.9 Å². The number of thioether (sulfide) groups is 1. The molecule has 0 spiro atoms. The fourth-order valence-corrected chi connectivity index (χ4v) is 3.21. The molecule has 6 heteroatoms. The summed E-state index contributed by atoms with van der Waals surface area (Å²) >= 11 is 1.19. The minimum Gasteiger partial charge on any atom is -0.480 e. The van der Waals surface area contributed by atoms with Crippen LogP contribution in [0.25, 0.3) is 0 Å². The highest BCUT2D eigenvalue weighted by molar-refractivity contribution is 8.00. The number of rotatable bonds is 6. The molecule has 0 saturated carbocycles. The van der Waals surface area contributed by atoms with Gasteiger partial charge >= 0.3 is 5.97 Å². The minimum absolute atomic E-state index is 0.146. The molecule has 1 aliphatic heterocycles. The highest BCUT2D eigenvalue weighted by Crippen LogP contribution is 2.27. The molecule has 1 unspecified atom stereocenters. The summed E-state index contributed by atoms with van der Waals surface area (Å²) < 4.78 is 5.30. The molecule has 1 aromatic carbocycles. The van der Waals surface area contributed by atoms with E-state index in [1.807, 2.05) is 6.07 Å². The zero-order chi connectivity index (χ0) is 15.9. The van der Waals surface area contributed by atoms with Crippen molar-refractivity contribution in [1.82, 2.24) is 5.32 Å². The van der Waals surface area contributed by atoms with E-state index in [4.69, 9.17) is 9.84 Å². The Kier molecular flexibility index (Phi) is 6.27. The highest BCUT2D eigenvalue weighted by atomic mass is 32.2. The van der Waals surface area contributed by atoms with Crippen molar-refractivity contribution in [2.75, 3.05) is 19.8 Å². The molecule has 2 rings (SSSR count). The number of amides is 1. The molecule has 0 aliphatic carbocycles. The summed E-state index contributed by atoms with van der Waals surface area (Å²) in [4.78, 5) is 24.0. The number of hydrogen-bond donors (Lipinski definition) is 2. The van der Waals surface area contributed by atoms with Gasteiger partial charge in [0.1, 0.15) is 5.25 Å². The first-order valence-electron chi connectivity index (χ1n) is 7.42. The lowest BCUT2D eigenvalue weighted by molar-refractivity contribution is -0.136. The average molecular weight is 323 g/mol. The van der Waals surface area contributed by atoms with Gasteiger partial charge in [0.05, 0.1) is 5.56 Å². The summed E-state index contributed by atoms with van der Waals surface area (Å²) in [5, 5.41) is 11.4. The monoisotopic (exact) mass is 323 g/mol. The number of carboxylic acids is 1. The van der Waals surface area contributed by atoms with Crippen LogP contribution in [0.3, 0.4) is 0 Å². The molecule has 1 fully saturated rings. The molecule has 1 amide bonds. The van der Waals surface area contributed by atoms with E-state index in [-0.39, 0.29) is 5.91 Å². The van der Waals surface area contributed by atoms with Gasteiger partial charge in [-0.1, -0.05) is 12.1 Å². The quantitative estimate of drug-likeness (QED) is 0.786. The van der Waals surface area contributed by atoms with Gasteiger partial charge in [0.25, 0.3) is 5.91 Å². The van der Waals surface area contributed by atoms with Crippen molar-refractivity contribution < 1.29 is 19.4 Å². The largest absolute Gasteiger partial charge is 0.480 e. The van der Waals surface area contributed by atoms with E-state index < -0.39 is 11.2 Å². The highest BCUT2D eigenvalue weighted by Gasteiger charge is 2.19. The van der Waals surface area contributed by atoms with Gasteiger partial charge < -0.3 is 15.2 Å². The maximum atomic E-state index is 12.4. The number of ether oxygens (including phenoxy) is 1. The van der Waals surface area contributed by atoms with Crippen LogP contribution in [0.1, 0.15) is 30.1 Å². The molecule has 0 radical (unpaired) electrons. The van der Waals surface area contributed by atoms with Gasteiger partial charge in [-0.3, -0.25) is 9.59 Å². The van der Waals surface area contributed by atoms with Gasteiger partial charge in [-0.25, -0.2) is 0 Å². The molecular weight excluding hydrogens is 302 g/mol. The zero-order valence-electron chi connectivity index (χ0n) is 12.6. The maximum Gasteiger partial charge on any atom is 0.316 e. The van der Waals surface area contributed by atoms with Gasteiger partial charge in [0, 0.05) is 24.7 Å². The SMILES string of the molecule is CC(Sc1ccccc1C(=O)NCC1CCOCC1)C(=O)O. The van der Waals surface area contributed by atoms with Gasteiger partial charge in [-0.15, -0.1) is 11.8 Å². The number of nitrogens with one attached hydrogen (secondary N) is 1. The second kappa shape index (κ2) is 8.19. The third-order valence-electron chi connectivity index (χ3n) is 3.68. The fourth-order valence-electron chi connectivity index (χ4n) is 2.28. The Labute approximate surface area is 134 Å². The lowest BCUT2D eigenvalue weighted by Gasteiger charge is -2.22. The first-order valence-corrected chi connectivity index (χ1v) is 8.30. The van der Waals surface area contributed by atoms with E-state index in [2.05, 4.69) is 5.32 Å². The predicted octanol–water partition coefficient (Wildman–Crippen LogP) is 2.41. The van der Waals surface area contributed by atoms with Crippen LogP contribution in [0.2, 0.25) is 0 Å². The molecule has 1 aromatic rings. The number of carbonyl (C=O) groups excluding carboxylic acids is 1. The van der Waals surface area contributed by atoms with Crippen LogP contribution in [0, 0.1) is 5.92 Å². The maximum absolute atomic E-state index is 12.4. The van der Waals surface area contributed by atoms with Crippen LogP contribution >= 0.6 is 11.8 Å². The minimum atomic E-state index is -0.887. The lowest BCUT2D eigenvalue weighted by atomic mass is 10.0. The molecule has 1 saturated heterocycles. The molecule has 1 heterocycles. The molecule has 5 nitrogen and oxygen atoms in total. The summed E-state index contributed by atoms with van der Waals surface area (Å²) in [5.74, 6) is -0.579. The summed E-state index contributed by atoms with van der Waals surface area (Å²) in [6.45, 7) is 3.76. The van der Waals surface area contributed by atoms with Crippen LogP contribution in [0.4, 0.5) is 0 Å². The van der Waals surface area contributed by atoms with Crippen molar-refractivity contribution in [1.29, 1.82) is 0 Å². The average Bonchev–Trinajstić information content (AvgIpc) is 2.54. The van der Waals surface area contributed by atoms with Crippen molar-refractivity contribution in [3.8, 4) is 0 Å². The van der Waals surface area contributed by atoms with E-state index in [9.17, 15) is 9.59 Å². The molecule has 22 heavy (non-hydrogen) atoms. The summed E-state index contributed by atoms with van der Waals surface area (Å²) in [5.41, 5.74) is 0.535. The Morgan fingerprint density at radius 3 is 2.73 bits per heavy atom. The van der Waals surface area contributed by atoms with Gasteiger partial charge in [0.15, 0.2) is 0 Å². The molecule has 120 valence electrons. The fraction of sp³-hybridized carbons (Fsp3) is 0.500. The van der Waals surface area contributed by atoms with Crippen molar-refractivity contribution in [2.24, 2.45) is 5.92 Å². The van der Waals surface area contributed by atoms with E-state index in [0.717, 1.165) is 26.1 Å². The van der Waals surface area contributed by atoms with Crippen LogP contribution in [-0.4, -0.2) is 42.0 Å². The van der Waals surface area contributed by atoms with Crippen molar-refractivity contribution in [3.63, 3.8) is 0 Å². The second-order valence-electron chi connectivity index (χ2n) is 5.36. The van der Waals surface area contributed by atoms with Crippen molar-refractivity contribution >= 4 is 23.6 Å². The normalized spacial score (nSPS) is 17.0. The Morgan fingerprint density at radius 2 is 2.05 bits per heavy atom. The molecular formula is C16H21NO4S. The first-order chi connectivity index (χ1) is 10.6. The third kappa shape index (κ3) is 4.74. The number of benzene rings is 1. The van der Waals surface area contributed by atoms with Gasteiger partial charge in [-0.2, -0.15) is 0 Å². The molecule has 1 aliphatic rings. The van der Waals surface area contributed by atoms with E-state index >= 15 is 0 Å². The summed E-state index contributed by atoms with van der Waals surface area (Å²) in [7, 11) is 0. The molecule has 0 bridgehead atoms.